The van der Waals surface area contributed by atoms with Gasteiger partial charge in [-0.15, -0.1) is 5.10 Å². The van der Waals surface area contributed by atoms with E-state index in [1.807, 2.05) is 0 Å². The molecular weight excluding hydrogens is 299 g/mol. The number of hydrogen-bond acceptors (Lipinski definition) is 4. The van der Waals surface area contributed by atoms with Crippen LogP contribution in [0.15, 0.2) is 18.5 Å². The average Bonchev–Trinajstić information content (AvgIpc) is 2.88. The lowest BCUT2D eigenvalue weighted by molar-refractivity contribution is -0.187. The van der Waals surface area contributed by atoms with E-state index in [1.165, 1.54) is 9.42 Å². The van der Waals surface area contributed by atoms with Crippen LogP contribution >= 0.6 is 0 Å². The van der Waals surface area contributed by atoms with E-state index in [9.17, 15) is 18.0 Å². The van der Waals surface area contributed by atoms with E-state index < -0.39 is 12.1 Å². The van der Waals surface area contributed by atoms with Crippen molar-refractivity contribution in [1.82, 2.24) is 24.5 Å². The van der Waals surface area contributed by atoms with Gasteiger partial charge in [0.15, 0.2) is 5.82 Å². The highest BCUT2D eigenvalue weighted by Crippen LogP contribution is 2.33. The first kappa shape index (κ1) is 14.7. The number of halogens is 3. The smallest absolute Gasteiger partial charge is 0.342 e. The highest BCUT2D eigenvalue weighted by atomic mass is 19.4. The number of amides is 1. The van der Waals surface area contributed by atoms with Crippen LogP contribution in [0.5, 0.6) is 0 Å². The van der Waals surface area contributed by atoms with Crippen molar-refractivity contribution in [1.29, 1.82) is 0 Å². The topological polar surface area (TPSA) is 63.4 Å². The third kappa shape index (κ3) is 3.02. The van der Waals surface area contributed by atoms with Gasteiger partial charge in [-0.2, -0.15) is 18.2 Å². The first-order chi connectivity index (χ1) is 10.4. The first-order valence-corrected chi connectivity index (χ1v) is 6.94. The van der Waals surface area contributed by atoms with Gasteiger partial charge in [-0.1, -0.05) is 0 Å². The molecule has 6 nitrogen and oxygen atoms in total. The summed E-state index contributed by atoms with van der Waals surface area (Å²) in [7, 11) is 0. The predicted octanol–water partition coefficient (Wildman–Crippen LogP) is 1.47. The first-order valence-electron chi connectivity index (χ1n) is 6.94. The van der Waals surface area contributed by atoms with Crippen LogP contribution in [0, 0.1) is 5.92 Å². The molecule has 1 aliphatic heterocycles. The fourth-order valence-corrected chi connectivity index (χ4v) is 2.57. The number of likely N-dealkylation sites (tertiary alicyclic amines) is 1. The largest absolute Gasteiger partial charge is 0.393 e. The minimum atomic E-state index is -4.26. The Balaban J connectivity index is 1.68. The van der Waals surface area contributed by atoms with Gasteiger partial charge >= 0.3 is 6.18 Å². The van der Waals surface area contributed by atoms with Gasteiger partial charge in [0.25, 0.3) is 5.78 Å². The third-order valence-electron chi connectivity index (χ3n) is 3.71. The molecule has 118 valence electrons. The molecule has 0 unspecified atom stereocenters. The van der Waals surface area contributed by atoms with Crippen LogP contribution in [0.2, 0.25) is 0 Å². The molecule has 22 heavy (non-hydrogen) atoms. The van der Waals surface area contributed by atoms with Gasteiger partial charge in [0.1, 0.15) is 0 Å². The number of piperidine rings is 1. The van der Waals surface area contributed by atoms with Crippen molar-refractivity contribution in [3.05, 3.63) is 24.3 Å². The molecule has 2 aromatic heterocycles. The summed E-state index contributed by atoms with van der Waals surface area (Å²) in [6.07, 6.45) is -0.754. The molecule has 0 aromatic carbocycles. The van der Waals surface area contributed by atoms with E-state index in [0.717, 1.165) is 0 Å². The summed E-state index contributed by atoms with van der Waals surface area (Å²) in [6, 6.07) is 1.67. The molecule has 1 aliphatic rings. The number of fused-ring (bicyclic) bond motifs is 1. The van der Waals surface area contributed by atoms with Gasteiger partial charge in [0.2, 0.25) is 5.91 Å². The van der Waals surface area contributed by atoms with Crippen LogP contribution in [0.3, 0.4) is 0 Å². The average molecular weight is 313 g/mol. The molecule has 9 heteroatoms. The Kier molecular flexibility index (Phi) is 3.71. The van der Waals surface area contributed by atoms with Crippen molar-refractivity contribution in [3.63, 3.8) is 0 Å². The second-order valence-corrected chi connectivity index (χ2v) is 5.29. The lowest BCUT2D eigenvalue weighted by Gasteiger charge is -2.33. The van der Waals surface area contributed by atoms with Crippen molar-refractivity contribution in [2.24, 2.45) is 5.92 Å². The molecule has 0 aliphatic carbocycles. The zero-order chi connectivity index (χ0) is 15.7. The molecule has 1 atom stereocenters. The molecule has 0 N–H and O–H groups in total. The zero-order valence-electron chi connectivity index (χ0n) is 11.6. The summed E-state index contributed by atoms with van der Waals surface area (Å²) in [5.74, 6) is -1.21. The monoisotopic (exact) mass is 313 g/mol. The minimum Gasteiger partial charge on any atom is -0.342 e. The highest BCUT2D eigenvalue weighted by molar-refractivity contribution is 5.78. The molecule has 0 bridgehead atoms. The van der Waals surface area contributed by atoms with Gasteiger partial charge in [0, 0.05) is 25.5 Å². The van der Waals surface area contributed by atoms with E-state index in [-0.39, 0.29) is 31.1 Å². The summed E-state index contributed by atoms with van der Waals surface area (Å²) >= 11 is 0. The molecule has 3 rings (SSSR count). The lowest BCUT2D eigenvalue weighted by Crippen LogP contribution is -2.45. The van der Waals surface area contributed by atoms with Gasteiger partial charge in [-0.3, -0.25) is 4.79 Å². The number of carbonyl (C=O) groups is 1. The lowest BCUT2D eigenvalue weighted by atomic mass is 9.97. The van der Waals surface area contributed by atoms with Gasteiger partial charge in [-0.25, -0.2) is 9.50 Å². The van der Waals surface area contributed by atoms with E-state index in [1.54, 1.807) is 18.5 Å². The van der Waals surface area contributed by atoms with Crippen LogP contribution < -0.4 is 0 Å². The van der Waals surface area contributed by atoms with E-state index in [2.05, 4.69) is 15.1 Å². The maximum absolute atomic E-state index is 12.8. The molecule has 0 spiro atoms. The third-order valence-corrected chi connectivity index (χ3v) is 3.71. The fraction of sp³-hybridized carbons (Fsp3) is 0.538. The maximum atomic E-state index is 12.8. The number of alkyl halides is 3. The normalized spacial score (nSPS) is 19.6. The summed E-state index contributed by atoms with van der Waals surface area (Å²) in [4.78, 5) is 21.5. The molecule has 1 fully saturated rings. The number of hydrogen-bond donors (Lipinski definition) is 0. The van der Waals surface area contributed by atoms with Crippen LogP contribution in [0.1, 0.15) is 18.7 Å². The molecule has 1 amide bonds. The predicted molar refractivity (Wildman–Crippen MR) is 69.8 cm³/mol. The minimum absolute atomic E-state index is 0.0732. The van der Waals surface area contributed by atoms with Crippen molar-refractivity contribution >= 4 is 11.7 Å². The van der Waals surface area contributed by atoms with Crippen LogP contribution in [-0.2, 0) is 11.2 Å². The Morgan fingerprint density at radius 2 is 2.23 bits per heavy atom. The molecular formula is C13H14F3N5O. The molecule has 1 saturated heterocycles. The van der Waals surface area contributed by atoms with Crippen molar-refractivity contribution in [2.75, 3.05) is 13.1 Å². The van der Waals surface area contributed by atoms with Crippen LogP contribution in [0.4, 0.5) is 13.2 Å². The second kappa shape index (κ2) is 5.54. The fourth-order valence-electron chi connectivity index (χ4n) is 2.57. The van der Waals surface area contributed by atoms with Gasteiger partial charge in [0.05, 0.1) is 12.3 Å². The Hall–Kier alpha value is -2.19. The second-order valence-electron chi connectivity index (χ2n) is 5.29. The molecule has 0 saturated carbocycles. The number of aromatic nitrogens is 4. The standard InChI is InChI=1S/C13H14F3N5O/c14-13(15,16)9-3-1-5-20(8-9)11(22)7-10-18-12-17-4-2-6-21(12)19-10/h2,4,6,9H,1,3,5,7-8H2/t9-/m0/s1. The van der Waals surface area contributed by atoms with E-state index in [0.29, 0.717) is 18.7 Å². The highest BCUT2D eigenvalue weighted by Gasteiger charge is 2.42. The summed E-state index contributed by atoms with van der Waals surface area (Å²) in [6.45, 7) is 0.0605. The van der Waals surface area contributed by atoms with Gasteiger partial charge in [-0.05, 0) is 18.9 Å². The van der Waals surface area contributed by atoms with Crippen LogP contribution in [-0.4, -0.2) is 49.7 Å². The number of rotatable bonds is 2. The van der Waals surface area contributed by atoms with Crippen molar-refractivity contribution < 1.29 is 18.0 Å². The summed E-state index contributed by atoms with van der Waals surface area (Å²) in [5, 5.41) is 4.09. The zero-order valence-corrected chi connectivity index (χ0v) is 11.6. The number of carbonyl (C=O) groups excluding carboxylic acids is 1. The maximum Gasteiger partial charge on any atom is 0.393 e. The van der Waals surface area contributed by atoms with Crippen LogP contribution in [0.25, 0.3) is 5.78 Å². The van der Waals surface area contributed by atoms with Gasteiger partial charge < -0.3 is 4.90 Å². The van der Waals surface area contributed by atoms with Crippen molar-refractivity contribution in [3.8, 4) is 0 Å². The molecule has 2 aromatic rings. The Morgan fingerprint density at radius 3 is 2.95 bits per heavy atom. The van der Waals surface area contributed by atoms with E-state index in [4.69, 9.17) is 0 Å². The SMILES string of the molecule is O=C(Cc1nc2ncccn2n1)N1CCC[C@H](C(F)(F)F)C1. The molecule has 0 radical (unpaired) electrons. The van der Waals surface area contributed by atoms with Crippen molar-refractivity contribution in [2.45, 2.75) is 25.4 Å². The Morgan fingerprint density at radius 1 is 1.41 bits per heavy atom. The summed E-state index contributed by atoms with van der Waals surface area (Å²) in [5.41, 5.74) is 0. The number of nitrogens with zero attached hydrogens (tertiary/aromatic N) is 5. The van der Waals surface area contributed by atoms with E-state index >= 15 is 0 Å². The Bertz CT molecular complexity index is 651. The molecule has 3 heterocycles. The Labute approximate surface area is 124 Å². The quantitative estimate of drug-likeness (QED) is 0.842. The summed E-state index contributed by atoms with van der Waals surface area (Å²) < 4.78 is 39.7.